The largest absolute Gasteiger partial charge is 0.469 e. The molecular weight excluding hydrogens is 222 g/mol. The van der Waals surface area contributed by atoms with Crippen LogP contribution in [0, 0.1) is 11.8 Å². The van der Waals surface area contributed by atoms with Crippen molar-refractivity contribution in [3.05, 3.63) is 0 Å². The van der Waals surface area contributed by atoms with Crippen molar-refractivity contribution in [1.82, 2.24) is 0 Å². The second-order valence-electron chi connectivity index (χ2n) is 2.93. The highest BCUT2D eigenvalue weighted by atomic mass is 35.6. The Kier molecular flexibility index (Phi) is 3.13. The third-order valence-corrected chi connectivity index (χ3v) is 3.06. The highest BCUT2D eigenvalue weighted by Gasteiger charge is 2.45. The van der Waals surface area contributed by atoms with Crippen LogP contribution < -0.4 is 0 Å². The number of methoxy groups -OCH3 is 1. The molecule has 2 nitrogen and oxygen atoms in total. The highest BCUT2D eigenvalue weighted by molar-refractivity contribution is 6.67. The number of esters is 1. The van der Waals surface area contributed by atoms with Gasteiger partial charge >= 0.3 is 5.97 Å². The number of carbonyl (C=O) groups is 1. The van der Waals surface area contributed by atoms with Crippen LogP contribution in [-0.2, 0) is 9.53 Å². The minimum atomic E-state index is -1.23. The zero-order chi connectivity index (χ0) is 9.35. The summed E-state index contributed by atoms with van der Waals surface area (Å²) in [6.07, 6.45) is 1.23. The molecular formula is C7H9Cl3O2. The van der Waals surface area contributed by atoms with E-state index >= 15 is 0 Å². The molecule has 0 atom stereocenters. The number of rotatable bonds is 1. The van der Waals surface area contributed by atoms with Crippen molar-refractivity contribution in [2.45, 2.75) is 16.6 Å². The van der Waals surface area contributed by atoms with E-state index < -0.39 is 3.79 Å². The fourth-order valence-corrected chi connectivity index (χ4v) is 1.78. The van der Waals surface area contributed by atoms with E-state index in [1.165, 1.54) is 7.11 Å². The Labute approximate surface area is 86.1 Å². The van der Waals surface area contributed by atoms with Crippen LogP contribution >= 0.6 is 34.8 Å². The lowest BCUT2D eigenvalue weighted by Crippen LogP contribution is -2.38. The van der Waals surface area contributed by atoms with Crippen molar-refractivity contribution in [1.29, 1.82) is 0 Å². The molecule has 0 aromatic heterocycles. The third kappa shape index (κ3) is 2.18. The standard InChI is InChI=1S/C7H9Cl3O2/c1-12-6(11)4-2-5(3-4)7(8,9)10/h4-5H,2-3H2,1H3. The zero-order valence-electron chi connectivity index (χ0n) is 6.52. The fourth-order valence-electron chi connectivity index (χ4n) is 1.24. The van der Waals surface area contributed by atoms with Crippen molar-refractivity contribution in [3.8, 4) is 0 Å². The van der Waals surface area contributed by atoms with Gasteiger partial charge in [-0.25, -0.2) is 0 Å². The van der Waals surface area contributed by atoms with Crippen LogP contribution in [0.4, 0.5) is 0 Å². The molecule has 1 aliphatic carbocycles. The van der Waals surface area contributed by atoms with Crippen molar-refractivity contribution in [3.63, 3.8) is 0 Å². The average Bonchev–Trinajstić information content (AvgIpc) is 1.80. The first-order valence-electron chi connectivity index (χ1n) is 3.59. The number of alkyl halides is 3. The number of halogens is 3. The van der Waals surface area contributed by atoms with E-state index in [0.717, 1.165) is 0 Å². The van der Waals surface area contributed by atoms with Crippen molar-refractivity contribution >= 4 is 40.8 Å². The molecule has 0 heterocycles. The summed E-state index contributed by atoms with van der Waals surface area (Å²) >= 11 is 16.9. The topological polar surface area (TPSA) is 26.3 Å². The molecule has 0 unspecified atom stereocenters. The van der Waals surface area contributed by atoms with Gasteiger partial charge in [-0.2, -0.15) is 0 Å². The van der Waals surface area contributed by atoms with Gasteiger partial charge in [0.25, 0.3) is 0 Å². The van der Waals surface area contributed by atoms with Crippen LogP contribution in [0.5, 0.6) is 0 Å². The van der Waals surface area contributed by atoms with E-state index in [1.807, 2.05) is 0 Å². The lowest BCUT2D eigenvalue weighted by atomic mass is 9.76. The zero-order valence-corrected chi connectivity index (χ0v) is 8.79. The lowest BCUT2D eigenvalue weighted by molar-refractivity contribution is -0.150. The molecule has 0 aliphatic heterocycles. The monoisotopic (exact) mass is 230 g/mol. The Morgan fingerprint density at radius 3 is 2.25 bits per heavy atom. The van der Waals surface area contributed by atoms with Gasteiger partial charge in [0.2, 0.25) is 0 Å². The second kappa shape index (κ2) is 3.60. The van der Waals surface area contributed by atoms with Gasteiger partial charge in [-0.1, -0.05) is 34.8 Å². The van der Waals surface area contributed by atoms with E-state index in [1.54, 1.807) is 0 Å². The van der Waals surface area contributed by atoms with Crippen LogP contribution in [0.3, 0.4) is 0 Å². The number of carbonyl (C=O) groups excluding carboxylic acids is 1. The van der Waals surface area contributed by atoms with Crippen LogP contribution in [0.2, 0.25) is 0 Å². The Balaban J connectivity index is 2.34. The molecule has 0 aromatic rings. The summed E-state index contributed by atoms with van der Waals surface area (Å²) in [6, 6.07) is 0. The van der Waals surface area contributed by atoms with Gasteiger partial charge in [-0.15, -0.1) is 0 Å². The summed E-state index contributed by atoms with van der Waals surface area (Å²) in [5.74, 6) is -0.289. The number of ether oxygens (including phenoxy) is 1. The molecule has 1 fully saturated rings. The van der Waals surface area contributed by atoms with Crippen LogP contribution in [0.25, 0.3) is 0 Å². The van der Waals surface area contributed by atoms with Gasteiger partial charge in [0, 0.05) is 5.92 Å². The third-order valence-electron chi connectivity index (χ3n) is 2.14. The molecule has 0 N–H and O–H groups in total. The molecule has 12 heavy (non-hydrogen) atoms. The summed E-state index contributed by atoms with van der Waals surface area (Å²) in [7, 11) is 1.37. The summed E-state index contributed by atoms with van der Waals surface area (Å²) in [4.78, 5) is 10.9. The normalized spacial score (nSPS) is 29.3. The minimum Gasteiger partial charge on any atom is -0.469 e. The van der Waals surface area contributed by atoms with Crippen molar-refractivity contribution in [2.24, 2.45) is 11.8 Å². The van der Waals surface area contributed by atoms with Gasteiger partial charge in [0.05, 0.1) is 13.0 Å². The maximum absolute atomic E-state index is 10.9. The van der Waals surface area contributed by atoms with Crippen LogP contribution in [0.15, 0.2) is 0 Å². The Hall–Kier alpha value is 0.340. The Bertz CT molecular complexity index is 182. The van der Waals surface area contributed by atoms with Crippen molar-refractivity contribution in [2.75, 3.05) is 7.11 Å². The smallest absolute Gasteiger partial charge is 0.308 e. The molecule has 5 heteroatoms. The molecule has 1 rings (SSSR count). The summed E-state index contributed by atoms with van der Waals surface area (Å²) in [5.41, 5.74) is 0. The lowest BCUT2D eigenvalue weighted by Gasteiger charge is -2.37. The van der Waals surface area contributed by atoms with Gasteiger partial charge in [-0.3, -0.25) is 4.79 Å². The Morgan fingerprint density at radius 1 is 1.42 bits per heavy atom. The minimum absolute atomic E-state index is 0.00778. The van der Waals surface area contributed by atoms with E-state index in [0.29, 0.717) is 12.8 Å². The first kappa shape index (κ1) is 10.4. The predicted molar refractivity (Wildman–Crippen MR) is 48.5 cm³/mol. The maximum Gasteiger partial charge on any atom is 0.308 e. The maximum atomic E-state index is 10.9. The highest BCUT2D eigenvalue weighted by Crippen LogP contribution is 2.49. The molecule has 0 radical (unpaired) electrons. The summed E-state index contributed by atoms with van der Waals surface area (Å²) in [5, 5.41) is 0. The van der Waals surface area contributed by atoms with Crippen LogP contribution in [-0.4, -0.2) is 16.9 Å². The molecule has 70 valence electrons. The van der Waals surface area contributed by atoms with Gasteiger partial charge in [0.1, 0.15) is 0 Å². The quantitative estimate of drug-likeness (QED) is 0.512. The van der Waals surface area contributed by atoms with Gasteiger partial charge in [-0.05, 0) is 12.8 Å². The fraction of sp³-hybridized carbons (Fsp3) is 0.857. The predicted octanol–water partition coefficient (Wildman–Crippen LogP) is 2.56. The van der Waals surface area contributed by atoms with E-state index in [4.69, 9.17) is 34.8 Å². The first-order valence-corrected chi connectivity index (χ1v) is 4.73. The molecule has 1 aliphatic rings. The molecule has 0 aromatic carbocycles. The first-order chi connectivity index (χ1) is 5.45. The Morgan fingerprint density at radius 2 is 1.92 bits per heavy atom. The molecule has 0 saturated heterocycles. The van der Waals surface area contributed by atoms with Crippen LogP contribution in [0.1, 0.15) is 12.8 Å². The summed E-state index contributed by atoms with van der Waals surface area (Å²) in [6.45, 7) is 0. The number of hydrogen-bond donors (Lipinski definition) is 0. The van der Waals surface area contributed by atoms with Crippen molar-refractivity contribution < 1.29 is 9.53 Å². The van der Waals surface area contributed by atoms with E-state index in [-0.39, 0.29) is 17.8 Å². The summed E-state index contributed by atoms with van der Waals surface area (Å²) < 4.78 is 3.32. The molecule has 0 bridgehead atoms. The van der Waals surface area contributed by atoms with Gasteiger partial charge < -0.3 is 4.74 Å². The average molecular weight is 232 g/mol. The van der Waals surface area contributed by atoms with E-state index in [2.05, 4.69) is 4.74 Å². The SMILES string of the molecule is COC(=O)C1CC(C(Cl)(Cl)Cl)C1. The molecule has 1 saturated carbocycles. The molecule has 0 spiro atoms. The second-order valence-corrected chi connectivity index (χ2v) is 5.30. The van der Waals surface area contributed by atoms with Gasteiger partial charge in [0.15, 0.2) is 3.79 Å². The van der Waals surface area contributed by atoms with E-state index in [9.17, 15) is 4.79 Å². The molecule has 0 amide bonds. The number of hydrogen-bond acceptors (Lipinski definition) is 2.